The van der Waals surface area contributed by atoms with Crippen molar-refractivity contribution in [3.05, 3.63) is 17.0 Å². The number of Topliss-reactive ketones (excluding diaryl/α,β-unsaturated/α-hetero) is 1. The molecule has 6 nitrogen and oxygen atoms in total. The molecule has 0 spiro atoms. The molecule has 0 aliphatic heterocycles. The van der Waals surface area contributed by atoms with Crippen molar-refractivity contribution in [3.63, 3.8) is 0 Å². The molecular weight excluding hydrogens is 329 g/mol. The van der Waals surface area contributed by atoms with Gasteiger partial charge in [-0.3, -0.25) is 0 Å². The van der Waals surface area contributed by atoms with Gasteiger partial charge in [0.05, 0.1) is 0 Å². The van der Waals surface area contributed by atoms with Gasteiger partial charge >= 0.3 is 22.4 Å². The predicted octanol–water partition coefficient (Wildman–Crippen LogP) is 0.0434. The van der Waals surface area contributed by atoms with Gasteiger partial charge in [0.15, 0.2) is 0 Å². The second kappa shape index (κ2) is 13.4. The first-order valence-electron chi connectivity index (χ1n) is 4.41. The Balaban J connectivity index is 0. The summed E-state index contributed by atoms with van der Waals surface area (Å²) in [6.45, 7) is 1.36. The summed E-state index contributed by atoms with van der Waals surface area (Å²) < 4.78 is 8.22. The van der Waals surface area contributed by atoms with Gasteiger partial charge in [0.2, 0.25) is 0 Å². The third-order valence-electron chi connectivity index (χ3n) is 1.31. The summed E-state index contributed by atoms with van der Waals surface area (Å²) in [6.07, 6.45) is 1.09. The van der Waals surface area contributed by atoms with Crippen molar-refractivity contribution in [1.29, 1.82) is 0 Å². The van der Waals surface area contributed by atoms with Crippen LogP contribution < -0.4 is 0 Å². The Bertz CT molecular complexity index is 268. The molecule has 0 saturated carbocycles. The van der Waals surface area contributed by atoms with Gasteiger partial charge in [-0.1, -0.05) is 6.54 Å². The zero-order valence-corrected chi connectivity index (χ0v) is 11.8. The van der Waals surface area contributed by atoms with Crippen molar-refractivity contribution in [2.45, 2.75) is 13.2 Å². The predicted molar refractivity (Wildman–Crippen MR) is 60.1 cm³/mol. The number of nitrogens with zero attached hydrogens (tertiary/aromatic N) is 2. The van der Waals surface area contributed by atoms with E-state index in [-0.39, 0.29) is 24.5 Å². The summed E-state index contributed by atoms with van der Waals surface area (Å²) in [5.41, 5.74) is 0. The van der Waals surface area contributed by atoms with Gasteiger partial charge in [0.25, 0.3) is 0 Å². The van der Waals surface area contributed by atoms with Crippen LogP contribution in [0.5, 0.6) is 0 Å². The summed E-state index contributed by atoms with van der Waals surface area (Å²) in [4.78, 5) is 32.5. The van der Waals surface area contributed by atoms with Crippen LogP contribution in [0.25, 0.3) is 10.5 Å². The minimum absolute atomic E-state index is 0.0687. The zero-order chi connectivity index (χ0) is 13.7. The number of carbonyl (C=O) groups excluding carboxylic acids is 3. The van der Waals surface area contributed by atoms with E-state index in [4.69, 9.17) is 3.50 Å². The average Bonchev–Trinajstić information content (AvgIpc) is 2.36. The molecular formula is C8H10BN2O4STc. The average molecular weight is 339 g/mol. The van der Waals surface area contributed by atoms with Gasteiger partial charge in [0.1, 0.15) is 0 Å². The molecule has 0 saturated heterocycles. The van der Waals surface area contributed by atoms with E-state index >= 15 is 0 Å². The van der Waals surface area contributed by atoms with Gasteiger partial charge < -0.3 is 44.0 Å². The normalized spacial score (nSPS) is 8.24. The Morgan fingerprint density at radius 1 is 1.29 bits per heavy atom. The molecule has 9 heteroatoms. The summed E-state index contributed by atoms with van der Waals surface area (Å²) in [5.74, 6) is -1.41. The maximum atomic E-state index is 11.0. The molecule has 0 aliphatic carbocycles. The van der Waals surface area contributed by atoms with Crippen molar-refractivity contribution in [2.75, 3.05) is 12.3 Å². The number of hydrogen-bond acceptors (Lipinski definition) is 5. The van der Waals surface area contributed by atoms with Gasteiger partial charge in [-0.2, -0.15) is 0 Å². The van der Waals surface area contributed by atoms with Crippen molar-refractivity contribution >= 4 is 37.6 Å². The van der Waals surface area contributed by atoms with E-state index in [0.29, 0.717) is 0 Å². The van der Waals surface area contributed by atoms with Crippen LogP contribution in [0.2, 0.25) is 6.82 Å². The van der Waals surface area contributed by atoms with Crippen molar-refractivity contribution < 1.29 is 36.7 Å². The van der Waals surface area contributed by atoms with Crippen molar-refractivity contribution in [1.82, 2.24) is 0 Å². The molecule has 2 amide bonds. The fourth-order valence-corrected chi connectivity index (χ4v) is 0.765. The molecule has 0 atom stereocenters. The van der Waals surface area contributed by atoms with Crippen LogP contribution in [-0.4, -0.2) is 37.3 Å². The van der Waals surface area contributed by atoms with Crippen LogP contribution in [0.15, 0.2) is 0 Å². The van der Waals surface area contributed by atoms with Gasteiger partial charge in [-0.25, -0.2) is 0 Å². The molecule has 0 bridgehead atoms. The summed E-state index contributed by atoms with van der Waals surface area (Å²) in [7, 11) is 1.35. The number of hydrogen-bond donors (Lipinski definition) is 0. The first-order chi connectivity index (χ1) is 8.10. The van der Waals surface area contributed by atoms with Crippen molar-refractivity contribution in [2.24, 2.45) is 0 Å². The molecule has 0 aromatic heterocycles. The number of carbonyl (C=O) groups is 3. The Morgan fingerprint density at radius 2 is 1.88 bits per heavy atom. The van der Waals surface area contributed by atoms with Crippen LogP contribution in [0, 0.1) is 6.42 Å². The molecule has 0 unspecified atom stereocenters. The van der Waals surface area contributed by atoms with Crippen LogP contribution in [0.3, 0.4) is 0 Å². The van der Waals surface area contributed by atoms with Crippen molar-refractivity contribution in [3.8, 4) is 0 Å². The summed E-state index contributed by atoms with van der Waals surface area (Å²) >= 11 is 5.33. The molecule has 92 valence electrons. The molecule has 0 fully saturated rings. The Labute approximate surface area is 117 Å². The number of rotatable bonds is 7. The third-order valence-corrected chi connectivity index (χ3v) is 1.56. The Morgan fingerprint density at radius 3 is 2.35 bits per heavy atom. The first-order valence-corrected chi connectivity index (χ1v) is 5.75. The third kappa shape index (κ3) is 13.3. The van der Waals surface area contributed by atoms with E-state index in [1.807, 2.05) is 0 Å². The van der Waals surface area contributed by atoms with E-state index < -0.39 is 11.8 Å². The van der Waals surface area contributed by atoms with E-state index in [1.165, 1.54) is 7.41 Å². The number of amides is 2. The zero-order valence-electron chi connectivity index (χ0n) is 9.09. The monoisotopic (exact) mass is 338 g/mol. The molecule has 0 aliphatic rings. The van der Waals surface area contributed by atoms with Crippen LogP contribution in [0.4, 0.5) is 0 Å². The molecule has 0 aromatic carbocycles. The molecule has 17 heavy (non-hydrogen) atoms. The molecule has 0 N–H and O–H groups in total. The van der Waals surface area contributed by atoms with Crippen LogP contribution in [-0.2, 0) is 49.4 Å². The second-order valence-corrected chi connectivity index (χ2v) is 2.80. The van der Waals surface area contributed by atoms with Gasteiger partial charge in [-0.15, -0.1) is 19.0 Å². The maximum absolute atomic E-state index is 11.0. The van der Waals surface area contributed by atoms with E-state index in [2.05, 4.69) is 23.2 Å². The van der Waals surface area contributed by atoms with E-state index in [1.54, 1.807) is 6.82 Å². The van der Waals surface area contributed by atoms with Crippen LogP contribution in [0.1, 0.15) is 6.42 Å². The fourth-order valence-electron chi connectivity index (χ4n) is 0.674. The second-order valence-electron chi connectivity index (χ2n) is 2.51. The fraction of sp³-hybridized carbons (Fsp3) is 0.500. The van der Waals surface area contributed by atoms with Gasteiger partial charge in [0, 0.05) is 11.8 Å². The summed E-state index contributed by atoms with van der Waals surface area (Å²) in [6, 6.07) is 0. The SMILES string of the molecule is C[B][N-]C(=O)C[CH-]C(=O)C[N-]C(=O)C[S-].[O]=[Tc+4]. The van der Waals surface area contributed by atoms with E-state index in [0.717, 1.165) is 25.3 Å². The Kier molecular flexibility index (Phi) is 14.8. The molecule has 0 heterocycles. The standard InChI is InChI=1S/C8H12BN2O3S.O.Tc/c1-9-11-7(13)3-2-6(12)4-10-8(14)5-15;;/h2H,3-5H2,1H3,(H2-,10,11,13,14,15);;/q-2;;+4/p-2. The molecule has 0 aromatic rings. The molecule has 0 rings (SSSR count). The van der Waals surface area contributed by atoms with E-state index in [9.17, 15) is 14.4 Å². The Hall–Kier alpha value is -0.656. The first kappa shape index (κ1) is 18.7. The topological polar surface area (TPSA) is 96.5 Å². The van der Waals surface area contributed by atoms with Gasteiger partial charge in [-0.05, 0) is 13.2 Å². The quantitative estimate of drug-likeness (QED) is 0.371. The molecule has 1 radical (unpaired) electrons. The summed E-state index contributed by atoms with van der Waals surface area (Å²) in [5, 5.41) is 6.84. The van der Waals surface area contributed by atoms with Crippen LogP contribution >= 0.6 is 0 Å². The minimum atomic E-state index is -0.496. The number of ketones is 1.